The lowest BCUT2D eigenvalue weighted by atomic mass is 10.1. The van der Waals surface area contributed by atoms with E-state index < -0.39 is 12.1 Å². The van der Waals surface area contributed by atoms with E-state index in [1.165, 1.54) is 12.1 Å². The Morgan fingerprint density at radius 1 is 0.880 bits per heavy atom. The van der Waals surface area contributed by atoms with Crippen LogP contribution in [-0.4, -0.2) is 17.2 Å². The van der Waals surface area contributed by atoms with Gasteiger partial charge in [0.1, 0.15) is 11.6 Å². The molecule has 3 rings (SSSR count). The fourth-order valence-electron chi connectivity index (χ4n) is 2.53. The molecule has 0 amide bonds. The number of ether oxygens (including phenoxy) is 1. The molecule has 0 fully saturated rings. The average Bonchev–Trinajstić information content (AvgIpc) is 2.64. The predicted octanol–water partition coefficient (Wildman–Crippen LogP) is 4.57. The molecular weight excluding hydrogens is 319 g/mol. The molecule has 0 aliphatic carbocycles. The highest BCUT2D eigenvalue weighted by Crippen LogP contribution is 2.23. The fourth-order valence-corrected chi connectivity index (χ4v) is 2.53. The quantitative estimate of drug-likeness (QED) is 0.717. The van der Waals surface area contributed by atoms with Gasteiger partial charge in [0.25, 0.3) is 0 Å². The molecule has 25 heavy (non-hydrogen) atoms. The maximum absolute atomic E-state index is 13.0. The predicted molar refractivity (Wildman–Crippen MR) is 94.0 cm³/mol. The summed E-state index contributed by atoms with van der Waals surface area (Å²) in [5.41, 5.74) is 2.81. The molecule has 0 bridgehead atoms. The van der Waals surface area contributed by atoms with E-state index in [0.29, 0.717) is 11.3 Å². The SMILES string of the molecule is O=C(O)C(Cc1ccc(F)cc1)Oc1ccc(-c2ccccc2)cc1. The third-order valence-corrected chi connectivity index (χ3v) is 3.85. The van der Waals surface area contributed by atoms with E-state index in [1.807, 2.05) is 42.5 Å². The third kappa shape index (κ3) is 4.44. The van der Waals surface area contributed by atoms with E-state index in [9.17, 15) is 14.3 Å². The van der Waals surface area contributed by atoms with Gasteiger partial charge in [-0.2, -0.15) is 0 Å². The zero-order valence-electron chi connectivity index (χ0n) is 13.4. The third-order valence-electron chi connectivity index (χ3n) is 3.85. The number of carbonyl (C=O) groups is 1. The Balaban J connectivity index is 1.72. The molecule has 0 saturated carbocycles. The zero-order chi connectivity index (χ0) is 17.6. The summed E-state index contributed by atoms with van der Waals surface area (Å²) in [7, 11) is 0. The second-order valence-electron chi connectivity index (χ2n) is 5.67. The van der Waals surface area contributed by atoms with E-state index in [4.69, 9.17) is 4.74 Å². The molecule has 3 nitrogen and oxygen atoms in total. The van der Waals surface area contributed by atoms with Gasteiger partial charge in [0.2, 0.25) is 0 Å². The summed E-state index contributed by atoms with van der Waals surface area (Å²) in [6, 6.07) is 22.9. The second-order valence-corrected chi connectivity index (χ2v) is 5.67. The Morgan fingerprint density at radius 3 is 2.08 bits per heavy atom. The summed E-state index contributed by atoms with van der Waals surface area (Å²) < 4.78 is 18.6. The molecule has 1 unspecified atom stereocenters. The normalized spacial score (nSPS) is 11.7. The maximum atomic E-state index is 13.0. The van der Waals surface area contributed by atoms with Gasteiger partial charge in [-0.3, -0.25) is 0 Å². The molecule has 3 aromatic carbocycles. The van der Waals surface area contributed by atoms with Crippen LogP contribution in [0.1, 0.15) is 5.56 Å². The lowest BCUT2D eigenvalue weighted by Gasteiger charge is -2.15. The smallest absolute Gasteiger partial charge is 0.345 e. The maximum Gasteiger partial charge on any atom is 0.345 e. The van der Waals surface area contributed by atoms with Crippen molar-refractivity contribution in [1.29, 1.82) is 0 Å². The van der Waals surface area contributed by atoms with Gasteiger partial charge in [0.05, 0.1) is 0 Å². The highest BCUT2D eigenvalue weighted by atomic mass is 19.1. The van der Waals surface area contributed by atoms with Crippen molar-refractivity contribution in [2.24, 2.45) is 0 Å². The first-order chi connectivity index (χ1) is 12.1. The minimum atomic E-state index is -1.06. The minimum absolute atomic E-state index is 0.163. The van der Waals surface area contributed by atoms with Crippen molar-refractivity contribution in [3.8, 4) is 16.9 Å². The molecule has 0 radical (unpaired) electrons. The Kier molecular flexibility index (Phi) is 5.09. The number of aliphatic carboxylic acids is 1. The van der Waals surface area contributed by atoms with E-state index in [2.05, 4.69) is 0 Å². The monoisotopic (exact) mass is 336 g/mol. The first-order valence-electron chi connectivity index (χ1n) is 7.91. The molecule has 1 N–H and O–H groups in total. The summed E-state index contributed by atoms with van der Waals surface area (Å²) >= 11 is 0. The van der Waals surface area contributed by atoms with Crippen molar-refractivity contribution in [2.75, 3.05) is 0 Å². The van der Waals surface area contributed by atoms with Crippen molar-refractivity contribution >= 4 is 5.97 Å². The molecule has 0 aliphatic rings. The van der Waals surface area contributed by atoms with Gasteiger partial charge in [-0.15, -0.1) is 0 Å². The summed E-state index contributed by atoms with van der Waals surface area (Å²) in [4.78, 5) is 11.5. The van der Waals surface area contributed by atoms with Crippen LogP contribution in [0.15, 0.2) is 78.9 Å². The van der Waals surface area contributed by atoms with Crippen LogP contribution in [0.2, 0.25) is 0 Å². The molecule has 1 atom stereocenters. The Labute approximate surface area is 145 Å². The Bertz CT molecular complexity index is 827. The van der Waals surface area contributed by atoms with Gasteiger partial charge >= 0.3 is 5.97 Å². The number of carboxylic acids is 1. The van der Waals surface area contributed by atoms with E-state index >= 15 is 0 Å². The molecule has 0 spiro atoms. The first-order valence-corrected chi connectivity index (χ1v) is 7.91. The number of halogens is 1. The van der Waals surface area contributed by atoms with Crippen LogP contribution >= 0.6 is 0 Å². The van der Waals surface area contributed by atoms with E-state index in [1.54, 1.807) is 24.3 Å². The van der Waals surface area contributed by atoms with Crippen molar-refractivity contribution in [3.63, 3.8) is 0 Å². The lowest BCUT2D eigenvalue weighted by molar-refractivity contribution is -0.145. The largest absolute Gasteiger partial charge is 0.478 e. The van der Waals surface area contributed by atoms with Gasteiger partial charge in [0.15, 0.2) is 6.10 Å². The van der Waals surface area contributed by atoms with Gasteiger partial charge in [0, 0.05) is 6.42 Å². The average molecular weight is 336 g/mol. The molecule has 3 aromatic rings. The van der Waals surface area contributed by atoms with Crippen LogP contribution in [0.25, 0.3) is 11.1 Å². The molecule has 0 aromatic heterocycles. The molecule has 126 valence electrons. The van der Waals surface area contributed by atoms with E-state index in [-0.39, 0.29) is 12.2 Å². The topological polar surface area (TPSA) is 46.5 Å². The molecule has 0 saturated heterocycles. The van der Waals surface area contributed by atoms with Gasteiger partial charge in [-0.05, 0) is 41.0 Å². The van der Waals surface area contributed by atoms with Crippen molar-refractivity contribution < 1.29 is 19.0 Å². The first kappa shape index (κ1) is 16.7. The summed E-state index contributed by atoms with van der Waals surface area (Å²) in [6.07, 6.45) is -0.871. The number of hydrogen-bond donors (Lipinski definition) is 1. The summed E-state index contributed by atoms with van der Waals surface area (Å²) in [5.74, 6) is -0.932. The minimum Gasteiger partial charge on any atom is -0.478 e. The number of benzene rings is 3. The number of hydrogen-bond acceptors (Lipinski definition) is 2. The van der Waals surface area contributed by atoms with Gasteiger partial charge in [-0.25, -0.2) is 9.18 Å². The molecule has 4 heteroatoms. The van der Waals surface area contributed by atoms with Crippen molar-refractivity contribution in [1.82, 2.24) is 0 Å². The van der Waals surface area contributed by atoms with Crippen molar-refractivity contribution in [3.05, 3.63) is 90.2 Å². The zero-order valence-corrected chi connectivity index (χ0v) is 13.4. The number of carboxylic acid groups (broad SMARTS) is 1. The van der Waals surface area contributed by atoms with Crippen LogP contribution < -0.4 is 4.74 Å². The van der Waals surface area contributed by atoms with Gasteiger partial charge < -0.3 is 9.84 Å². The van der Waals surface area contributed by atoms with E-state index in [0.717, 1.165) is 11.1 Å². The van der Waals surface area contributed by atoms with Gasteiger partial charge in [-0.1, -0.05) is 54.6 Å². The molecule has 0 heterocycles. The summed E-state index contributed by atoms with van der Waals surface area (Å²) in [5, 5.41) is 9.38. The molecule has 0 aliphatic heterocycles. The number of rotatable bonds is 6. The molecular formula is C21H17FO3. The highest BCUT2D eigenvalue weighted by molar-refractivity contribution is 5.73. The van der Waals surface area contributed by atoms with Crippen LogP contribution in [0.3, 0.4) is 0 Å². The van der Waals surface area contributed by atoms with Crippen LogP contribution in [0, 0.1) is 5.82 Å². The fraction of sp³-hybridized carbons (Fsp3) is 0.0952. The lowest BCUT2D eigenvalue weighted by Crippen LogP contribution is -2.29. The second kappa shape index (κ2) is 7.62. The summed E-state index contributed by atoms with van der Waals surface area (Å²) in [6.45, 7) is 0. The Morgan fingerprint density at radius 2 is 1.48 bits per heavy atom. The van der Waals surface area contributed by atoms with Crippen LogP contribution in [0.5, 0.6) is 5.75 Å². The van der Waals surface area contributed by atoms with Crippen molar-refractivity contribution in [2.45, 2.75) is 12.5 Å². The Hall–Kier alpha value is -3.14. The van der Waals surface area contributed by atoms with Crippen LogP contribution in [0.4, 0.5) is 4.39 Å². The standard InChI is InChI=1S/C21H17FO3/c22-18-10-6-15(7-11-18)14-20(21(23)24)25-19-12-8-17(9-13-19)16-4-2-1-3-5-16/h1-13,20H,14H2,(H,23,24). The van der Waals surface area contributed by atoms with Crippen LogP contribution in [-0.2, 0) is 11.2 Å². The highest BCUT2D eigenvalue weighted by Gasteiger charge is 2.20.